The number of pyridine rings is 1. The van der Waals surface area contributed by atoms with Crippen LogP contribution in [0.25, 0.3) is 0 Å². The summed E-state index contributed by atoms with van der Waals surface area (Å²) in [5.74, 6) is 1.07. The molecule has 1 fully saturated rings. The molecule has 25 heavy (non-hydrogen) atoms. The van der Waals surface area contributed by atoms with Crippen LogP contribution in [0.15, 0.2) is 23.3 Å². The zero-order valence-electron chi connectivity index (χ0n) is 14.7. The molecule has 1 aromatic heterocycles. The highest BCUT2D eigenvalue weighted by Crippen LogP contribution is 2.20. The molecule has 1 saturated carbocycles. The summed E-state index contributed by atoms with van der Waals surface area (Å²) in [6.45, 7) is 6.06. The molecule has 0 atom stereocenters. The Morgan fingerprint density at radius 2 is 2.12 bits per heavy atom. The minimum absolute atomic E-state index is 0.0106. The molecule has 1 aromatic rings. The third kappa shape index (κ3) is 4.93. The molecule has 1 heterocycles. The van der Waals surface area contributed by atoms with Gasteiger partial charge in [0.1, 0.15) is 5.82 Å². The van der Waals surface area contributed by atoms with E-state index in [1.165, 1.54) is 6.21 Å². The standard InChI is InChI=1S/C18H28N4O3/c1-12-10-14(11-19)17(22(18(12)25)8-3-9-23)21-13(2)20-15-4-6-16(24)7-5-15/h10-11,15-16,19-21,23-24H,2-9H2,1H3. The van der Waals surface area contributed by atoms with Crippen molar-refractivity contribution in [2.45, 2.75) is 57.7 Å². The van der Waals surface area contributed by atoms with E-state index in [0.29, 0.717) is 35.7 Å². The molecule has 1 aliphatic carbocycles. The predicted octanol–water partition coefficient (Wildman–Crippen LogP) is 1.31. The Morgan fingerprint density at radius 3 is 2.72 bits per heavy atom. The van der Waals surface area contributed by atoms with Gasteiger partial charge in [-0.15, -0.1) is 0 Å². The average molecular weight is 348 g/mol. The van der Waals surface area contributed by atoms with Crippen molar-refractivity contribution in [2.24, 2.45) is 0 Å². The zero-order chi connectivity index (χ0) is 18.4. The molecule has 1 aliphatic rings. The number of aliphatic hydroxyl groups excluding tert-OH is 2. The maximum absolute atomic E-state index is 12.5. The first-order chi connectivity index (χ1) is 12.0. The lowest BCUT2D eigenvalue weighted by atomic mass is 9.93. The molecule has 0 saturated heterocycles. The van der Waals surface area contributed by atoms with Gasteiger partial charge in [0.05, 0.1) is 11.9 Å². The summed E-state index contributed by atoms with van der Waals surface area (Å²) in [4.78, 5) is 12.5. The van der Waals surface area contributed by atoms with E-state index in [-0.39, 0.29) is 24.3 Å². The van der Waals surface area contributed by atoms with Crippen LogP contribution in [0, 0.1) is 12.3 Å². The highest BCUT2D eigenvalue weighted by Gasteiger charge is 2.20. The summed E-state index contributed by atoms with van der Waals surface area (Å²) in [7, 11) is 0. The molecular formula is C18H28N4O3. The second-order valence-electron chi connectivity index (χ2n) is 6.56. The van der Waals surface area contributed by atoms with Crippen LogP contribution in [0.3, 0.4) is 0 Å². The molecule has 0 unspecified atom stereocenters. The van der Waals surface area contributed by atoms with Crippen molar-refractivity contribution in [2.75, 3.05) is 11.9 Å². The zero-order valence-corrected chi connectivity index (χ0v) is 14.7. The van der Waals surface area contributed by atoms with E-state index >= 15 is 0 Å². The van der Waals surface area contributed by atoms with E-state index in [4.69, 9.17) is 10.5 Å². The van der Waals surface area contributed by atoms with E-state index in [2.05, 4.69) is 17.2 Å². The summed E-state index contributed by atoms with van der Waals surface area (Å²) in [6.07, 6.45) is 4.70. The second-order valence-corrected chi connectivity index (χ2v) is 6.56. The largest absolute Gasteiger partial charge is 0.396 e. The molecule has 5 N–H and O–H groups in total. The Bertz CT molecular complexity index is 676. The lowest BCUT2D eigenvalue weighted by Gasteiger charge is -2.28. The van der Waals surface area contributed by atoms with Gasteiger partial charge in [0.25, 0.3) is 5.56 Å². The number of nitrogens with zero attached hydrogens (tertiary/aromatic N) is 1. The molecule has 0 radical (unpaired) electrons. The van der Waals surface area contributed by atoms with Crippen LogP contribution in [-0.4, -0.2) is 39.7 Å². The van der Waals surface area contributed by atoms with Gasteiger partial charge in [0.2, 0.25) is 0 Å². The van der Waals surface area contributed by atoms with Gasteiger partial charge in [0, 0.05) is 36.5 Å². The van der Waals surface area contributed by atoms with Crippen LogP contribution >= 0.6 is 0 Å². The van der Waals surface area contributed by atoms with Gasteiger partial charge in [-0.05, 0) is 45.1 Å². The fourth-order valence-electron chi connectivity index (χ4n) is 3.17. The predicted molar refractivity (Wildman–Crippen MR) is 99.2 cm³/mol. The summed E-state index contributed by atoms with van der Waals surface area (Å²) < 4.78 is 1.55. The molecular weight excluding hydrogens is 320 g/mol. The fourth-order valence-corrected chi connectivity index (χ4v) is 3.17. The third-order valence-electron chi connectivity index (χ3n) is 4.54. The fraction of sp³-hybridized carbons (Fsp3) is 0.556. The SMILES string of the molecule is C=C(Nc1c(C=N)cc(C)c(=O)n1CCCO)NC1CCC(O)CC1. The van der Waals surface area contributed by atoms with E-state index in [9.17, 15) is 9.90 Å². The summed E-state index contributed by atoms with van der Waals surface area (Å²) in [5.41, 5.74) is 1.01. The van der Waals surface area contributed by atoms with Crippen molar-refractivity contribution in [1.29, 1.82) is 5.41 Å². The monoisotopic (exact) mass is 348 g/mol. The molecule has 7 heteroatoms. The number of anilines is 1. The Balaban J connectivity index is 2.18. The van der Waals surface area contributed by atoms with Crippen molar-refractivity contribution in [3.05, 3.63) is 39.9 Å². The number of hydrogen-bond donors (Lipinski definition) is 5. The highest BCUT2D eigenvalue weighted by molar-refractivity contribution is 5.85. The second kappa shape index (κ2) is 8.82. The average Bonchev–Trinajstić information content (AvgIpc) is 2.59. The Kier molecular flexibility index (Phi) is 6.78. The van der Waals surface area contributed by atoms with Crippen molar-refractivity contribution in [1.82, 2.24) is 9.88 Å². The number of hydrogen-bond acceptors (Lipinski definition) is 6. The molecule has 0 aliphatic heterocycles. The van der Waals surface area contributed by atoms with Crippen molar-refractivity contribution < 1.29 is 10.2 Å². The normalized spacial score (nSPS) is 20.1. The number of rotatable bonds is 8. The topological polar surface area (TPSA) is 110 Å². The van der Waals surface area contributed by atoms with Crippen LogP contribution in [0.5, 0.6) is 0 Å². The first kappa shape index (κ1) is 19.2. The number of aromatic nitrogens is 1. The van der Waals surface area contributed by atoms with E-state index in [1.54, 1.807) is 17.6 Å². The van der Waals surface area contributed by atoms with Gasteiger partial charge >= 0.3 is 0 Å². The highest BCUT2D eigenvalue weighted by atomic mass is 16.3. The molecule has 0 amide bonds. The Labute approximate surface area is 147 Å². The molecule has 7 nitrogen and oxygen atoms in total. The first-order valence-electron chi connectivity index (χ1n) is 8.72. The summed E-state index contributed by atoms with van der Waals surface area (Å²) in [6, 6.07) is 1.91. The lowest BCUT2D eigenvalue weighted by Crippen LogP contribution is -2.37. The Hall–Kier alpha value is -2.12. The van der Waals surface area contributed by atoms with E-state index in [1.807, 2.05) is 0 Å². The molecule has 138 valence electrons. The van der Waals surface area contributed by atoms with Gasteiger partial charge in [-0.25, -0.2) is 0 Å². The van der Waals surface area contributed by atoms with Gasteiger partial charge in [-0.2, -0.15) is 0 Å². The first-order valence-corrected chi connectivity index (χ1v) is 8.72. The number of nitrogens with one attached hydrogen (secondary N) is 3. The van der Waals surface area contributed by atoms with Gasteiger partial charge in [-0.3, -0.25) is 9.36 Å². The number of aryl methyl sites for hydroxylation is 1. The van der Waals surface area contributed by atoms with Crippen LogP contribution in [0.1, 0.15) is 43.2 Å². The van der Waals surface area contributed by atoms with Gasteiger partial charge in [-0.1, -0.05) is 6.58 Å². The maximum Gasteiger partial charge on any atom is 0.255 e. The van der Waals surface area contributed by atoms with Crippen LogP contribution in [-0.2, 0) is 6.54 Å². The quantitative estimate of drug-likeness (QED) is 0.455. The van der Waals surface area contributed by atoms with Crippen molar-refractivity contribution in [3.63, 3.8) is 0 Å². The molecule has 0 bridgehead atoms. The molecule has 0 spiro atoms. The van der Waals surface area contributed by atoms with Gasteiger partial charge < -0.3 is 26.3 Å². The van der Waals surface area contributed by atoms with E-state index in [0.717, 1.165) is 25.7 Å². The van der Waals surface area contributed by atoms with Crippen LogP contribution < -0.4 is 16.2 Å². The number of aliphatic hydroxyl groups is 2. The third-order valence-corrected chi connectivity index (χ3v) is 4.54. The van der Waals surface area contributed by atoms with Crippen LogP contribution in [0.2, 0.25) is 0 Å². The molecule has 0 aromatic carbocycles. The molecule has 2 rings (SSSR count). The Morgan fingerprint density at radius 1 is 1.44 bits per heavy atom. The summed E-state index contributed by atoms with van der Waals surface area (Å²) >= 11 is 0. The van der Waals surface area contributed by atoms with E-state index < -0.39 is 0 Å². The van der Waals surface area contributed by atoms with Crippen molar-refractivity contribution >= 4 is 12.0 Å². The van der Waals surface area contributed by atoms with Crippen LogP contribution in [0.4, 0.5) is 5.82 Å². The summed E-state index contributed by atoms with van der Waals surface area (Å²) in [5, 5.41) is 32.7. The van der Waals surface area contributed by atoms with Crippen molar-refractivity contribution in [3.8, 4) is 0 Å². The smallest absolute Gasteiger partial charge is 0.255 e. The minimum atomic E-state index is -0.218. The maximum atomic E-state index is 12.5. The minimum Gasteiger partial charge on any atom is -0.396 e. The lowest BCUT2D eigenvalue weighted by molar-refractivity contribution is 0.119. The van der Waals surface area contributed by atoms with Gasteiger partial charge in [0.15, 0.2) is 0 Å².